The van der Waals surface area contributed by atoms with Gasteiger partial charge in [0.25, 0.3) is 5.88 Å². The molecule has 0 spiro atoms. The maximum Gasteiger partial charge on any atom is 0.648 e. The van der Waals surface area contributed by atoms with Crippen LogP contribution in [-0.2, 0) is 4.57 Å². The number of phosphoric acid groups is 1. The number of anilines is 1. The third kappa shape index (κ3) is 0.796. The zero-order chi connectivity index (χ0) is 10.9. The van der Waals surface area contributed by atoms with E-state index in [1.807, 2.05) is 0 Å². The van der Waals surface area contributed by atoms with E-state index >= 15 is 0 Å². The summed E-state index contributed by atoms with van der Waals surface area (Å²) in [5.41, 5.74) is 6.97. The van der Waals surface area contributed by atoms with Crippen molar-refractivity contribution in [3.8, 4) is 17.4 Å². The minimum absolute atomic E-state index is 0.211. The smallest absolute Gasteiger partial charge is 0.398 e. The molecule has 1 unspecified atom stereocenters. The van der Waals surface area contributed by atoms with Gasteiger partial charge in [0.1, 0.15) is 0 Å². The van der Waals surface area contributed by atoms with E-state index in [1.165, 1.54) is 0 Å². The molecule has 16 heavy (non-hydrogen) atoms. The van der Waals surface area contributed by atoms with Gasteiger partial charge in [-0.1, -0.05) is 6.07 Å². The SMILES string of the molecule is Nc1cccc2nc3c4c(c12)OP(=O)(O3)O4. The van der Waals surface area contributed by atoms with Crippen LogP contribution in [0.2, 0.25) is 0 Å². The molecule has 0 saturated heterocycles. The monoisotopic (exact) mass is 236 g/mol. The van der Waals surface area contributed by atoms with E-state index in [1.54, 1.807) is 18.2 Å². The second-order valence-corrected chi connectivity index (χ2v) is 4.98. The molecule has 7 heteroatoms. The van der Waals surface area contributed by atoms with Crippen LogP contribution < -0.4 is 19.3 Å². The Hall–Kier alpha value is -1.94. The Kier molecular flexibility index (Phi) is 1.16. The lowest BCUT2D eigenvalue weighted by atomic mass is 10.1. The van der Waals surface area contributed by atoms with E-state index < -0.39 is 7.82 Å². The van der Waals surface area contributed by atoms with Gasteiger partial charge >= 0.3 is 7.82 Å². The minimum Gasteiger partial charge on any atom is -0.398 e. The van der Waals surface area contributed by atoms with Gasteiger partial charge in [-0.2, -0.15) is 4.57 Å². The summed E-state index contributed by atoms with van der Waals surface area (Å²) in [5, 5.41) is 0.613. The lowest BCUT2D eigenvalue weighted by Gasteiger charge is -2.11. The molecule has 2 aliphatic heterocycles. The van der Waals surface area contributed by atoms with E-state index in [9.17, 15) is 4.57 Å². The fourth-order valence-corrected chi connectivity index (χ4v) is 3.11. The quantitative estimate of drug-likeness (QED) is 0.556. The molecule has 1 atom stereocenters. The maximum atomic E-state index is 11.7. The van der Waals surface area contributed by atoms with Crippen LogP contribution in [-0.4, -0.2) is 4.98 Å². The van der Waals surface area contributed by atoms with Crippen molar-refractivity contribution in [1.29, 1.82) is 0 Å². The summed E-state index contributed by atoms with van der Waals surface area (Å²) >= 11 is 0. The predicted molar refractivity (Wildman–Crippen MR) is 55.6 cm³/mol. The fraction of sp³-hybridized carbons (Fsp3) is 0. The third-order valence-electron chi connectivity index (χ3n) is 2.53. The molecule has 3 heterocycles. The van der Waals surface area contributed by atoms with Gasteiger partial charge in [0.2, 0.25) is 5.75 Å². The van der Waals surface area contributed by atoms with Gasteiger partial charge in [0.15, 0.2) is 5.75 Å². The summed E-state index contributed by atoms with van der Waals surface area (Å²) in [6.07, 6.45) is 0. The molecule has 0 saturated carbocycles. The van der Waals surface area contributed by atoms with Crippen LogP contribution in [0.15, 0.2) is 18.2 Å². The van der Waals surface area contributed by atoms with E-state index in [2.05, 4.69) is 4.98 Å². The van der Waals surface area contributed by atoms with Crippen LogP contribution in [0.3, 0.4) is 0 Å². The molecular formula is C9H5N2O4P. The van der Waals surface area contributed by atoms with Crippen LogP contribution >= 0.6 is 7.82 Å². The highest BCUT2D eigenvalue weighted by atomic mass is 31.2. The number of aromatic nitrogens is 1. The van der Waals surface area contributed by atoms with Crippen molar-refractivity contribution in [2.75, 3.05) is 5.73 Å². The lowest BCUT2D eigenvalue weighted by Crippen LogP contribution is -2.00. The summed E-state index contributed by atoms with van der Waals surface area (Å²) in [4.78, 5) is 4.17. The Morgan fingerprint density at radius 1 is 1.19 bits per heavy atom. The molecule has 0 amide bonds. The standard InChI is InChI=1S/C9H5N2O4P/c10-4-2-1-3-5-6(4)7-8-9(11-5)15-16(12,13-7)14-8/h1-3H,10H2. The molecule has 2 bridgehead atoms. The summed E-state index contributed by atoms with van der Waals surface area (Å²) in [7, 11) is -3.49. The first-order valence-electron chi connectivity index (χ1n) is 4.57. The highest BCUT2D eigenvalue weighted by Crippen LogP contribution is 2.69. The Labute approximate surface area is 89.6 Å². The molecular weight excluding hydrogens is 231 g/mol. The number of phosphoric ester groups is 1. The summed E-state index contributed by atoms with van der Waals surface area (Å²) in [6.45, 7) is 0. The molecule has 0 fully saturated rings. The first kappa shape index (κ1) is 8.24. The Bertz CT molecular complexity index is 699. The Morgan fingerprint density at radius 3 is 2.81 bits per heavy atom. The topological polar surface area (TPSA) is 83.7 Å². The molecule has 1 aromatic heterocycles. The minimum atomic E-state index is -3.49. The second-order valence-electron chi connectivity index (χ2n) is 3.54. The number of hydrogen-bond donors (Lipinski definition) is 1. The van der Waals surface area contributed by atoms with Gasteiger partial charge in [-0.25, -0.2) is 4.98 Å². The van der Waals surface area contributed by atoms with E-state index in [-0.39, 0.29) is 11.6 Å². The molecule has 6 nitrogen and oxygen atoms in total. The van der Waals surface area contributed by atoms with Gasteiger partial charge in [-0.15, -0.1) is 0 Å². The van der Waals surface area contributed by atoms with Crippen LogP contribution in [0.1, 0.15) is 0 Å². The van der Waals surface area contributed by atoms with Crippen molar-refractivity contribution < 1.29 is 18.1 Å². The van der Waals surface area contributed by atoms with Crippen LogP contribution in [0.25, 0.3) is 10.9 Å². The first-order chi connectivity index (χ1) is 7.66. The van der Waals surface area contributed by atoms with Crippen molar-refractivity contribution >= 4 is 24.4 Å². The molecule has 0 radical (unpaired) electrons. The van der Waals surface area contributed by atoms with Crippen molar-refractivity contribution in [2.24, 2.45) is 0 Å². The van der Waals surface area contributed by atoms with Gasteiger partial charge in [-0.3, -0.25) is 0 Å². The predicted octanol–water partition coefficient (Wildman–Crippen LogP) is 2.09. The second kappa shape index (κ2) is 2.25. The molecule has 2 aromatic rings. The highest BCUT2D eigenvalue weighted by molar-refractivity contribution is 7.50. The molecule has 1 aromatic carbocycles. The van der Waals surface area contributed by atoms with Crippen LogP contribution in [0.4, 0.5) is 5.69 Å². The average molecular weight is 236 g/mol. The van der Waals surface area contributed by atoms with E-state index in [0.29, 0.717) is 22.3 Å². The number of nitrogen functional groups attached to an aromatic ring is 1. The number of rotatable bonds is 0. The summed E-state index contributed by atoms with van der Waals surface area (Å²) < 4.78 is 26.9. The third-order valence-corrected chi connectivity index (χ3v) is 3.74. The van der Waals surface area contributed by atoms with Gasteiger partial charge in [0.05, 0.1) is 10.9 Å². The summed E-state index contributed by atoms with van der Waals surface area (Å²) in [6, 6.07) is 5.27. The van der Waals surface area contributed by atoms with Crippen molar-refractivity contribution in [3.05, 3.63) is 18.2 Å². The zero-order valence-electron chi connectivity index (χ0n) is 7.84. The first-order valence-corrected chi connectivity index (χ1v) is 6.03. The molecule has 4 rings (SSSR count). The Balaban J connectivity index is 2.23. The van der Waals surface area contributed by atoms with Crippen molar-refractivity contribution in [3.63, 3.8) is 0 Å². The van der Waals surface area contributed by atoms with E-state index in [0.717, 1.165) is 0 Å². The normalized spacial score (nSPS) is 24.0. The average Bonchev–Trinajstić information content (AvgIpc) is 2.69. The number of pyridine rings is 1. The van der Waals surface area contributed by atoms with E-state index in [4.69, 9.17) is 19.3 Å². The molecule has 80 valence electrons. The number of nitrogens with zero attached hydrogens (tertiary/aromatic N) is 1. The lowest BCUT2D eigenvalue weighted by molar-refractivity contribution is 0.352. The molecule has 0 aliphatic carbocycles. The maximum absolute atomic E-state index is 11.7. The number of fused-ring (bicyclic) bond motifs is 3. The van der Waals surface area contributed by atoms with Gasteiger partial charge < -0.3 is 19.3 Å². The van der Waals surface area contributed by atoms with Crippen LogP contribution in [0, 0.1) is 0 Å². The van der Waals surface area contributed by atoms with Crippen molar-refractivity contribution in [1.82, 2.24) is 4.98 Å². The number of nitrogens with two attached hydrogens (primary N) is 1. The molecule has 2 N–H and O–H groups in total. The van der Waals surface area contributed by atoms with Gasteiger partial charge in [0, 0.05) is 5.69 Å². The Morgan fingerprint density at radius 2 is 2.00 bits per heavy atom. The van der Waals surface area contributed by atoms with Crippen LogP contribution in [0.5, 0.6) is 17.4 Å². The van der Waals surface area contributed by atoms with Gasteiger partial charge in [-0.05, 0) is 12.1 Å². The zero-order valence-corrected chi connectivity index (χ0v) is 8.73. The summed E-state index contributed by atoms with van der Waals surface area (Å²) in [5.74, 6) is 0.865. The molecule has 2 aliphatic rings. The largest absolute Gasteiger partial charge is 0.648 e. The number of benzene rings is 1. The number of hydrogen-bond acceptors (Lipinski definition) is 6. The van der Waals surface area contributed by atoms with Crippen molar-refractivity contribution in [2.45, 2.75) is 0 Å². The fourth-order valence-electron chi connectivity index (χ4n) is 1.88. The highest BCUT2D eigenvalue weighted by Gasteiger charge is 2.52.